The van der Waals surface area contributed by atoms with E-state index in [1.54, 1.807) is 19.1 Å². The minimum absolute atomic E-state index is 0.0358. The van der Waals surface area contributed by atoms with Crippen LogP contribution in [0.5, 0.6) is 5.75 Å². The first kappa shape index (κ1) is 27.5. The van der Waals surface area contributed by atoms with Crippen LogP contribution in [-0.4, -0.2) is 56.0 Å². The van der Waals surface area contributed by atoms with Crippen molar-refractivity contribution < 1.29 is 22.7 Å². The van der Waals surface area contributed by atoms with Crippen molar-refractivity contribution in [2.75, 3.05) is 18.0 Å². The molecule has 2 N–H and O–H groups in total. The van der Waals surface area contributed by atoms with Gasteiger partial charge in [0.2, 0.25) is 0 Å². The van der Waals surface area contributed by atoms with Crippen molar-refractivity contribution in [1.82, 2.24) is 24.8 Å². The lowest BCUT2D eigenvalue weighted by atomic mass is 10.0. The Morgan fingerprint density at radius 3 is 2.58 bits per heavy atom. The average Bonchev–Trinajstić information content (AvgIpc) is 2.89. The number of hydrogen-bond donors (Lipinski definition) is 2. The van der Waals surface area contributed by atoms with Gasteiger partial charge in [0.1, 0.15) is 17.3 Å². The van der Waals surface area contributed by atoms with E-state index >= 15 is 4.39 Å². The number of fused-ring (bicyclic) bond motifs is 1. The summed E-state index contributed by atoms with van der Waals surface area (Å²) < 4.78 is 58.4. The third-order valence-electron chi connectivity index (χ3n) is 7.28. The molecule has 8 nitrogen and oxygen atoms in total. The predicted octanol–water partition coefficient (Wildman–Crippen LogP) is 4.85. The van der Waals surface area contributed by atoms with Gasteiger partial charge in [0.25, 0.3) is 0 Å². The number of aromatic hydroxyl groups is 1. The van der Waals surface area contributed by atoms with Crippen LogP contribution in [-0.2, 0) is 0 Å². The van der Waals surface area contributed by atoms with Gasteiger partial charge in [-0.25, -0.2) is 18.7 Å². The molecule has 0 spiro atoms. The van der Waals surface area contributed by atoms with Crippen molar-refractivity contribution in [2.24, 2.45) is 0 Å². The highest BCUT2D eigenvalue weighted by molar-refractivity contribution is 5.91. The van der Waals surface area contributed by atoms with Gasteiger partial charge in [0, 0.05) is 36.9 Å². The maximum atomic E-state index is 15.7. The first-order valence-corrected chi connectivity index (χ1v) is 12.8. The zero-order valence-corrected chi connectivity index (χ0v) is 22.3. The summed E-state index contributed by atoms with van der Waals surface area (Å²) in [5.74, 6) is -2.87. The number of hydrogen-bond acceptors (Lipinski definition) is 7. The average molecular weight is 557 g/mol. The number of nitrogens with zero attached hydrogens (tertiary/aromatic N) is 5. The van der Waals surface area contributed by atoms with Crippen molar-refractivity contribution in [3.05, 3.63) is 70.2 Å². The Kier molecular flexibility index (Phi) is 6.99. The molecule has 1 unspecified atom stereocenters. The third kappa shape index (κ3) is 4.76. The Morgan fingerprint density at radius 1 is 1.15 bits per heavy atom. The molecule has 0 bridgehead atoms. The van der Waals surface area contributed by atoms with Gasteiger partial charge in [0.15, 0.2) is 11.5 Å². The van der Waals surface area contributed by atoms with Crippen molar-refractivity contribution >= 4 is 16.9 Å². The normalized spacial score (nSPS) is 18.8. The molecule has 0 aliphatic carbocycles. The van der Waals surface area contributed by atoms with Gasteiger partial charge < -0.3 is 15.3 Å². The highest BCUT2D eigenvalue weighted by Gasteiger charge is 2.40. The number of halogens is 4. The Balaban J connectivity index is 1.90. The SMILES string of the molecule is Cc1ccnc(C(C)C(F)(F)F)c1-n1c(=O)nc(N2C[C@@H](C)NC[C@@H]2C)c2cc(F)c(-c3ccccc3O)nc21. The molecule has 5 rings (SSSR count). The van der Waals surface area contributed by atoms with Gasteiger partial charge in [-0.05, 0) is 57.5 Å². The van der Waals surface area contributed by atoms with Crippen LogP contribution in [0.25, 0.3) is 28.0 Å². The highest BCUT2D eigenvalue weighted by Crippen LogP contribution is 2.39. The molecule has 1 aliphatic heterocycles. The number of aryl methyl sites for hydroxylation is 1. The monoisotopic (exact) mass is 556 g/mol. The van der Waals surface area contributed by atoms with E-state index in [4.69, 9.17) is 0 Å². The number of benzene rings is 1. The van der Waals surface area contributed by atoms with E-state index in [-0.39, 0.29) is 57.3 Å². The molecule has 1 aromatic carbocycles. The lowest BCUT2D eigenvalue weighted by Crippen LogP contribution is -2.55. The van der Waals surface area contributed by atoms with E-state index in [0.29, 0.717) is 18.7 Å². The number of anilines is 1. The van der Waals surface area contributed by atoms with Crippen LogP contribution in [0, 0.1) is 12.7 Å². The minimum atomic E-state index is -4.64. The molecule has 1 aliphatic rings. The molecule has 40 heavy (non-hydrogen) atoms. The first-order chi connectivity index (χ1) is 18.9. The number of para-hydroxylation sites is 1. The standard InChI is InChI=1S/C28H28F4N6O2/c1-14-9-10-33-22(17(4)28(30,31)32)24(14)38-26-19(11-20(29)23(35-26)18-7-5-6-8-21(18)39)25(36-27(38)40)37-13-15(2)34-12-16(37)3/h5-11,15-17,34,39H,12-13H2,1-4H3/t15-,16+,17?/m1/s1. The summed E-state index contributed by atoms with van der Waals surface area (Å²) in [5.41, 5.74) is -1.34. The zero-order valence-electron chi connectivity index (χ0n) is 22.3. The maximum Gasteiger partial charge on any atom is 0.397 e. The fourth-order valence-corrected chi connectivity index (χ4v) is 5.04. The number of piperazine rings is 1. The van der Waals surface area contributed by atoms with E-state index in [2.05, 4.69) is 20.3 Å². The molecule has 12 heteroatoms. The Labute approximate surface area is 227 Å². The quantitative estimate of drug-likeness (QED) is 0.347. The molecule has 3 atom stereocenters. The van der Waals surface area contributed by atoms with E-state index in [0.717, 1.165) is 11.5 Å². The van der Waals surface area contributed by atoms with Crippen LogP contribution in [0.15, 0.2) is 47.4 Å². The number of phenolic OH excluding ortho intramolecular Hbond substituents is 1. The van der Waals surface area contributed by atoms with Gasteiger partial charge in [-0.3, -0.25) is 4.98 Å². The van der Waals surface area contributed by atoms with Crippen molar-refractivity contribution in [1.29, 1.82) is 0 Å². The van der Waals surface area contributed by atoms with Gasteiger partial charge >= 0.3 is 11.9 Å². The number of alkyl halides is 3. The number of pyridine rings is 2. The summed E-state index contributed by atoms with van der Waals surface area (Å²) in [6.45, 7) is 7.44. The molecular weight excluding hydrogens is 528 g/mol. The number of phenols is 1. The predicted molar refractivity (Wildman–Crippen MR) is 143 cm³/mol. The lowest BCUT2D eigenvalue weighted by Gasteiger charge is -2.38. The summed E-state index contributed by atoms with van der Waals surface area (Å²) in [4.78, 5) is 28.4. The van der Waals surface area contributed by atoms with Crippen LogP contribution < -0.4 is 15.9 Å². The topological polar surface area (TPSA) is 96.2 Å². The van der Waals surface area contributed by atoms with Crippen molar-refractivity contribution in [3.8, 4) is 22.7 Å². The summed E-state index contributed by atoms with van der Waals surface area (Å²) in [7, 11) is 0. The van der Waals surface area contributed by atoms with Crippen LogP contribution in [0.4, 0.5) is 23.4 Å². The van der Waals surface area contributed by atoms with Gasteiger partial charge in [0.05, 0.1) is 22.7 Å². The molecule has 1 fully saturated rings. The van der Waals surface area contributed by atoms with Gasteiger partial charge in [-0.2, -0.15) is 18.2 Å². The van der Waals surface area contributed by atoms with Crippen LogP contribution in [0.2, 0.25) is 0 Å². The highest BCUT2D eigenvalue weighted by atomic mass is 19.4. The second-order valence-corrected chi connectivity index (χ2v) is 10.2. The lowest BCUT2D eigenvalue weighted by molar-refractivity contribution is -0.147. The van der Waals surface area contributed by atoms with Crippen molar-refractivity contribution in [3.63, 3.8) is 0 Å². The smallest absolute Gasteiger partial charge is 0.397 e. The van der Waals surface area contributed by atoms with Crippen LogP contribution in [0.3, 0.4) is 0 Å². The molecule has 0 radical (unpaired) electrons. The Hall–Kier alpha value is -4.06. The molecular formula is C28H28F4N6O2. The molecule has 3 aromatic heterocycles. The molecule has 1 saturated heterocycles. The first-order valence-electron chi connectivity index (χ1n) is 12.8. The zero-order chi connectivity index (χ0) is 28.9. The fourth-order valence-electron chi connectivity index (χ4n) is 5.04. The maximum absolute atomic E-state index is 15.7. The third-order valence-corrected chi connectivity index (χ3v) is 7.28. The summed E-state index contributed by atoms with van der Waals surface area (Å²) in [6.07, 6.45) is -3.40. The number of rotatable bonds is 4. The summed E-state index contributed by atoms with van der Waals surface area (Å²) >= 11 is 0. The van der Waals surface area contributed by atoms with E-state index in [1.807, 2.05) is 18.7 Å². The summed E-state index contributed by atoms with van der Waals surface area (Å²) in [6, 6.07) is 8.55. The minimum Gasteiger partial charge on any atom is -0.507 e. The Bertz CT molecular complexity index is 1650. The molecule has 4 aromatic rings. The molecule has 0 saturated carbocycles. The molecule has 210 valence electrons. The number of nitrogens with one attached hydrogen (secondary N) is 1. The summed E-state index contributed by atoms with van der Waals surface area (Å²) in [5, 5.41) is 13.9. The van der Waals surface area contributed by atoms with Crippen LogP contribution >= 0.6 is 0 Å². The van der Waals surface area contributed by atoms with E-state index < -0.39 is 23.6 Å². The molecule has 4 heterocycles. The largest absolute Gasteiger partial charge is 0.507 e. The van der Waals surface area contributed by atoms with Crippen LogP contribution in [0.1, 0.15) is 37.9 Å². The van der Waals surface area contributed by atoms with E-state index in [9.17, 15) is 23.1 Å². The van der Waals surface area contributed by atoms with Gasteiger partial charge in [-0.1, -0.05) is 12.1 Å². The molecule has 0 amide bonds. The van der Waals surface area contributed by atoms with Crippen molar-refractivity contribution in [2.45, 2.75) is 51.9 Å². The fraction of sp³-hybridized carbons (Fsp3) is 0.357. The number of aromatic nitrogens is 4. The Morgan fingerprint density at radius 2 is 1.88 bits per heavy atom. The second-order valence-electron chi connectivity index (χ2n) is 10.2. The second kappa shape index (κ2) is 10.2. The van der Waals surface area contributed by atoms with E-state index in [1.165, 1.54) is 30.5 Å². The van der Waals surface area contributed by atoms with Gasteiger partial charge in [-0.15, -0.1) is 0 Å².